The normalized spacial score (nSPS) is 16.6. The van der Waals surface area contributed by atoms with Crippen molar-refractivity contribution in [2.75, 3.05) is 13.1 Å². The van der Waals surface area contributed by atoms with Crippen LogP contribution in [0.25, 0.3) is 22.3 Å². The predicted octanol–water partition coefficient (Wildman–Crippen LogP) is 5.36. The van der Waals surface area contributed by atoms with E-state index >= 15 is 0 Å². The number of nitrogens with zero attached hydrogens (tertiary/aromatic N) is 4. The molecule has 0 aliphatic carbocycles. The first-order valence-electron chi connectivity index (χ1n) is 11.9. The Hall–Kier alpha value is -3.03. The molecule has 1 fully saturated rings. The molecule has 1 atom stereocenters. The Morgan fingerprint density at radius 3 is 2.71 bits per heavy atom. The van der Waals surface area contributed by atoms with E-state index in [2.05, 4.69) is 73.3 Å². The molecule has 5 rings (SSSR count). The number of amides is 1. The fraction of sp³-hybridized carbons (Fsp3) is 0.370. The van der Waals surface area contributed by atoms with Gasteiger partial charge in [0.2, 0.25) is 0 Å². The molecule has 0 spiro atoms. The Morgan fingerprint density at radius 2 is 2.00 bits per heavy atom. The first-order valence-corrected chi connectivity index (χ1v) is 12.7. The molecule has 176 valence electrons. The quantitative estimate of drug-likeness (QED) is 0.409. The number of benzene rings is 1. The molecule has 1 N–H and O–H groups in total. The summed E-state index contributed by atoms with van der Waals surface area (Å²) in [7, 11) is 0. The average Bonchev–Trinajstić information content (AvgIpc) is 3.52. The molecule has 34 heavy (non-hydrogen) atoms. The Labute approximate surface area is 204 Å². The lowest BCUT2D eigenvalue weighted by atomic mass is 10.1. The summed E-state index contributed by atoms with van der Waals surface area (Å²) in [6, 6.07) is 14.9. The molecule has 6 nitrogen and oxygen atoms in total. The topological polar surface area (TPSA) is 63.1 Å². The van der Waals surface area contributed by atoms with Crippen LogP contribution in [0.3, 0.4) is 0 Å². The van der Waals surface area contributed by atoms with Gasteiger partial charge in [0, 0.05) is 47.0 Å². The summed E-state index contributed by atoms with van der Waals surface area (Å²) < 4.78 is 1.90. The van der Waals surface area contributed by atoms with Crippen LogP contribution in [0.1, 0.15) is 52.0 Å². The van der Waals surface area contributed by atoms with Gasteiger partial charge in [0.05, 0.1) is 22.8 Å². The Bertz CT molecular complexity index is 1320. The zero-order chi connectivity index (χ0) is 23.8. The van der Waals surface area contributed by atoms with E-state index in [1.807, 2.05) is 16.8 Å². The molecule has 1 aliphatic rings. The summed E-state index contributed by atoms with van der Waals surface area (Å²) in [5, 5.41) is 8.66. The maximum absolute atomic E-state index is 13.5. The van der Waals surface area contributed by atoms with Crippen LogP contribution < -0.4 is 5.32 Å². The maximum Gasteiger partial charge on any atom is 0.252 e. The van der Waals surface area contributed by atoms with E-state index in [1.54, 1.807) is 17.5 Å². The van der Waals surface area contributed by atoms with Gasteiger partial charge >= 0.3 is 0 Å². The number of aromatic nitrogens is 3. The van der Waals surface area contributed by atoms with Crippen molar-refractivity contribution in [3.8, 4) is 11.3 Å². The summed E-state index contributed by atoms with van der Waals surface area (Å²) >= 11 is 1.75. The minimum atomic E-state index is -0.0480. The van der Waals surface area contributed by atoms with Crippen molar-refractivity contribution in [3.63, 3.8) is 0 Å². The lowest BCUT2D eigenvalue weighted by molar-refractivity contribution is 0.0939. The smallest absolute Gasteiger partial charge is 0.252 e. The van der Waals surface area contributed by atoms with Gasteiger partial charge in [-0.2, -0.15) is 5.10 Å². The molecule has 4 aromatic rings. The van der Waals surface area contributed by atoms with E-state index < -0.39 is 0 Å². The van der Waals surface area contributed by atoms with Gasteiger partial charge in [0.1, 0.15) is 0 Å². The Kier molecular flexibility index (Phi) is 6.23. The molecule has 0 radical (unpaired) electrons. The summed E-state index contributed by atoms with van der Waals surface area (Å²) in [4.78, 5) is 23.3. The number of aryl methyl sites for hydroxylation is 2. The number of likely N-dealkylation sites (tertiary alicyclic amines) is 1. The van der Waals surface area contributed by atoms with Gasteiger partial charge < -0.3 is 5.32 Å². The molecular weight excluding hydrogens is 442 g/mol. The second-order valence-electron chi connectivity index (χ2n) is 9.48. The first-order chi connectivity index (χ1) is 16.4. The zero-order valence-corrected chi connectivity index (χ0v) is 21.0. The molecule has 1 saturated heterocycles. The highest BCUT2D eigenvalue weighted by molar-refractivity contribution is 7.12. The van der Waals surface area contributed by atoms with E-state index in [0.717, 1.165) is 48.3 Å². The van der Waals surface area contributed by atoms with Crippen molar-refractivity contribution >= 4 is 28.3 Å². The van der Waals surface area contributed by atoms with Crippen LogP contribution >= 0.6 is 11.3 Å². The van der Waals surface area contributed by atoms with Crippen molar-refractivity contribution in [3.05, 3.63) is 69.5 Å². The Morgan fingerprint density at radius 1 is 1.21 bits per heavy atom. The summed E-state index contributed by atoms with van der Waals surface area (Å²) in [5.41, 5.74) is 4.64. The van der Waals surface area contributed by atoms with E-state index in [9.17, 15) is 4.79 Å². The van der Waals surface area contributed by atoms with E-state index in [0.29, 0.717) is 5.56 Å². The third kappa shape index (κ3) is 4.50. The first kappa shape index (κ1) is 22.7. The van der Waals surface area contributed by atoms with Gasteiger partial charge in [0.15, 0.2) is 5.65 Å². The second-order valence-corrected chi connectivity index (χ2v) is 10.9. The fourth-order valence-corrected chi connectivity index (χ4v) is 5.74. The predicted molar refractivity (Wildman–Crippen MR) is 138 cm³/mol. The van der Waals surface area contributed by atoms with Gasteiger partial charge in [0.25, 0.3) is 5.91 Å². The lowest BCUT2D eigenvalue weighted by Crippen LogP contribution is -2.37. The minimum absolute atomic E-state index is 0.0480. The Balaban J connectivity index is 1.42. The molecule has 1 unspecified atom stereocenters. The van der Waals surface area contributed by atoms with Crippen molar-refractivity contribution < 1.29 is 4.79 Å². The number of carbonyl (C=O) groups is 1. The van der Waals surface area contributed by atoms with Gasteiger partial charge in [-0.05, 0) is 51.8 Å². The van der Waals surface area contributed by atoms with Crippen LogP contribution in [0.15, 0.2) is 48.7 Å². The number of fused-ring (bicyclic) bond motifs is 1. The molecular formula is C27H31N5OS. The van der Waals surface area contributed by atoms with Crippen LogP contribution in [0.2, 0.25) is 0 Å². The number of thiophene rings is 1. The summed E-state index contributed by atoms with van der Waals surface area (Å²) in [6.45, 7) is 11.1. The second kappa shape index (κ2) is 9.31. The number of hydrogen-bond acceptors (Lipinski definition) is 5. The third-order valence-electron chi connectivity index (χ3n) is 6.47. The lowest BCUT2D eigenvalue weighted by Gasteiger charge is -2.17. The number of pyridine rings is 1. The van der Waals surface area contributed by atoms with Gasteiger partial charge in [-0.1, -0.05) is 30.3 Å². The monoisotopic (exact) mass is 473 g/mol. The zero-order valence-electron chi connectivity index (χ0n) is 20.2. The molecule has 0 saturated carbocycles. The molecule has 1 amide bonds. The maximum atomic E-state index is 13.5. The van der Waals surface area contributed by atoms with E-state index in [-0.39, 0.29) is 18.0 Å². The summed E-state index contributed by atoms with van der Waals surface area (Å²) in [5.74, 6) is -0.0480. The van der Waals surface area contributed by atoms with Crippen LogP contribution in [-0.2, 0) is 6.54 Å². The SMILES string of the molecule is Cc1cc(-c2cc(C(=O)NC3CCN(Cc4ccccc4)C3)c3cnn(C(C)C)c3n2)c(C)s1. The molecule has 1 aromatic carbocycles. The van der Waals surface area contributed by atoms with Gasteiger partial charge in [-0.3, -0.25) is 9.69 Å². The molecule has 7 heteroatoms. The minimum Gasteiger partial charge on any atom is -0.348 e. The summed E-state index contributed by atoms with van der Waals surface area (Å²) in [6.07, 6.45) is 2.73. The standard InChI is InChI=1S/C27H31N5OS/c1-17(2)32-26-24(14-28-32)23(13-25(30-26)22-12-18(3)34-19(22)4)27(33)29-21-10-11-31(16-21)15-20-8-6-5-7-9-20/h5-9,12-14,17,21H,10-11,15-16H2,1-4H3,(H,29,33). The highest BCUT2D eigenvalue weighted by atomic mass is 32.1. The van der Waals surface area contributed by atoms with Crippen LogP contribution in [0.5, 0.6) is 0 Å². The molecule has 1 aliphatic heterocycles. The average molecular weight is 474 g/mol. The van der Waals surface area contributed by atoms with Crippen molar-refractivity contribution in [1.29, 1.82) is 0 Å². The van der Waals surface area contributed by atoms with Crippen molar-refractivity contribution in [2.24, 2.45) is 0 Å². The third-order valence-corrected chi connectivity index (χ3v) is 7.44. The number of nitrogens with one attached hydrogen (secondary N) is 1. The fourth-order valence-electron chi connectivity index (χ4n) is 4.81. The van der Waals surface area contributed by atoms with Crippen molar-refractivity contribution in [2.45, 2.75) is 52.7 Å². The van der Waals surface area contributed by atoms with Crippen LogP contribution in [-0.4, -0.2) is 44.7 Å². The number of hydrogen-bond donors (Lipinski definition) is 1. The molecule has 0 bridgehead atoms. The highest BCUT2D eigenvalue weighted by Gasteiger charge is 2.26. The van der Waals surface area contributed by atoms with E-state index in [4.69, 9.17) is 4.98 Å². The molecule has 4 heterocycles. The molecule has 3 aromatic heterocycles. The van der Waals surface area contributed by atoms with Gasteiger partial charge in [-0.25, -0.2) is 9.67 Å². The van der Waals surface area contributed by atoms with Crippen molar-refractivity contribution in [1.82, 2.24) is 25.0 Å². The number of rotatable bonds is 6. The largest absolute Gasteiger partial charge is 0.348 e. The van der Waals surface area contributed by atoms with E-state index in [1.165, 1.54) is 15.3 Å². The number of carbonyl (C=O) groups excluding carboxylic acids is 1. The van der Waals surface area contributed by atoms with Crippen LogP contribution in [0.4, 0.5) is 0 Å². The van der Waals surface area contributed by atoms with Crippen LogP contribution in [0, 0.1) is 13.8 Å². The highest BCUT2D eigenvalue weighted by Crippen LogP contribution is 2.32. The van der Waals surface area contributed by atoms with Gasteiger partial charge in [-0.15, -0.1) is 11.3 Å².